The summed E-state index contributed by atoms with van der Waals surface area (Å²) in [7, 11) is 0. The van der Waals surface area contributed by atoms with Crippen molar-refractivity contribution in [3.05, 3.63) is 58.1 Å². The first kappa shape index (κ1) is 23.0. The van der Waals surface area contributed by atoms with Crippen LogP contribution in [0.25, 0.3) is 6.08 Å². The summed E-state index contributed by atoms with van der Waals surface area (Å²) in [5.74, 6) is 0.850. The van der Waals surface area contributed by atoms with E-state index in [0.717, 1.165) is 50.9 Å². The molecule has 2 aromatic rings. The van der Waals surface area contributed by atoms with Gasteiger partial charge in [0.25, 0.3) is 5.91 Å². The van der Waals surface area contributed by atoms with Crippen LogP contribution in [0.2, 0.25) is 0 Å². The zero-order valence-electron chi connectivity index (χ0n) is 18.4. The largest absolute Gasteiger partial charge is 0.357 e. The first-order chi connectivity index (χ1) is 15.2. The third-order valence-corrected chi connectivity index (χ3v) is 6.02. The lowest BCUT2D eigenvalue weighted by Crippen LogP contribution is -2.52. The van der Waals surface area contributed by atoms with E-state index in [0.29, 0.717) is 18.0 Å². The molecule has 1 aromatic carbocycles. The van der Waals surface area contributed by atoms with Gasteiger partial charge in [0.15, 0.2) is 5.96 Å². The number of nitrogens with zero attached hydrogens (tertiary/aromatic N) is 4. The summed E-state index contributed by atoms with van der Waals surface area (Å²) >= 11 is 1.37. The Labute approximate surface area is 188 Å². The second-order valence-corrected chi connectivity index (χ2v) is 8.21. The number of amides is 1. The van der Waals surface area contributed by atoms with Crippen molar-refractivity contribution < 1.29 is 4.79 Å². The van der Waals surface area contributed by atoms with E-state index < -0.39 is 0 Å². The molecule has 1 fully saturated rings. The van der Waals surface area contributed by atoms with Gasteiger partial charge >= 0.3 is 0 Å². The molecule has 0 aliphatic carbocycles. The van der Waals surface area contributed by atoms with Crippen LogP contribution in [0, 0.1) is 6.92 Å². The third-order valence-electron chi connectivity index (χ3n) is 5.09. The van der Waals surface area contributed by atoms with Gasteiger partial charge in [-0.25, -0.2) is 4.98 Å². The predicted octanol–water partition coefficient (Wildman–Crippen LogP) is 2.48. The molecule has 1 aliphatic rings. The van der Waals surface area contributed by atoms with Gasteiger partial charge in [-0.05, 0) is 19.4 Å². The number of nitrogens with one attached hydrogen (secondary N) is 2. The van der Waals surface area contributed by atoms with Crippen molar-refractivity contribution in [1.29, 1.82) is 0 Å². The summed E-state index contributed by atoms with van der Waals surface area (Å²) in [4.78, 5) is 26.5. The zero-order valence-corrected chi connectivity index (χ0v) is 19.2. The first-order valence-corrected chi connectivity index (χ1v) is 11.7. The monoisotopic (exact) mass is 440 g/mol. The third kappa shape index (κ3) is 7.18. The maximum Gasteiger partial charge on any atom is 0.263 e. The summed E-state index contributed by atoms with van der Waals surface area (Å²) in [6, 6.07) is 10.4. The first-order valence-electron chi connectivity index (χ1n) is 10.8. The van der Waals surface area contributed by atoms with Crippen LogP contribution in [-0.4, -0.2) is 79.0 Å². The standard InChI is InChI=1S/C23H32N6OS/c1-3-24-23(26-12-11-25-22(30)21-19(2)27-18-31-21)29-16-14-28(15-17-29)13-7-10-20-8-5-4-6-9-20/h4-10,18H,3,11-17H2,1-2H3,(H,24,26)(H,25,30)/b10-7+. The molecule has 1 amide bonds. The fourth-order valence-electron chi connectivity index (χ4n) is 3.40. The highest BCUT2D eigenvalue weighted by atomic mass is 32.1. The SMILES string of the molecule is CCNC(=NCCNC(=O)c1scnc1C)N1CCN(C/C=C/c2ccccc2)CC1. The van der Waals surface area contributed by atoms with Crippen LogP contribution in [-0.2, 0) is 0 Å². The normalized spacial score (nSPS) is 15.4. The molecular weight excluding hydrogens is 408 g/mol. The fourth-order valence-corrected chi connectivity index (χ4v) is 4.12. The van der Waals surface area contributed by atoms with Gasteiger partial charge in [-0.1, -0.05) is 42.5 Å². The van der Waals surface area contributed by atoms with E-state index in [4.69, 9.17) is 4.99 Å². The minimum Gasteiger partial charge on any atom is -0.357 e. The number of guanidine groups is 1. The summed E-state index contributed by atoms with van der Waals surface area (Å²) in [5.41, 5.74) is 3.71. The van der Waals surface area contributed by atoms with Crippen molar-refractivity contribution in [3.8, 4) is 0 Å². The molecule has 8 heteroatoms. The van der Waals surface area contributed by atoms with E-state index in [1.54, 1.807) is 5.51 Å². The molecule has 31 heavy (non-hydrogen) atoms. The molecule has 0 bridgehead atoms. The number of rotatable bonds is 8. The number of hydrogen-bond acceptors (Lipinski definition) is 5. The Morgan fingerprint density at radius 1 is 1.19 bits per heavy atom. The topological polar surface area (TPSA) is 72.9 Å². The number of piperazine rings is 1. The Morgan fingerprint density at radius 3 is 2.65 bits per heavy atom. The van der Waals surface area contributed by atoms with Gasteiger partial charge in [0.05, 0.1) is 17.7 Å². The minimum atomic E-state index is -0.0719. The molecule has 0 atom stereocenters. The highest BCUT2D eigenvalue weighted by Gasteiger charge is 2.18. The Balaban J connectivity index is 1.42. The molecule has 2 heterocycles. The van der Waals surface area contributed by atoms with Gasteiger partial charge in [-0.15, -0.1) is 11.3 Å². The van der Waals surface area contributed by atoms with Crippen LogP contribution in [0.5, 0.6) is 0 Å². The average molecular weight is 441 g/mol. The van der Waals surface area contributed by atoms with Crippen molar-refractivity contribution in [3.63, 3.8) is 0 Å². The van der Waals surface area contributed by atoms with Gasteiger partial charge in [-0.2, -0.15) is 0 Å². The molecule has 0 unspecified atom stereocenters. The molecule has 0 spiro atoms. The number of aliphatic imine (C=N–C) groups is 1. The second kappa shape index (κ2) is 12.2. The Bertz CT molecular complexity index is 871. The van der Waals surface area contributed by atoms with Crippen LogP contribution in [0.15, 0.2) is 46.9 Å². The minimum absolute atomic E-state index is 0.0719. The number of hydrogen-bond donors (Lipinski definition) is 2. The molecule has 0 saturated carbocycles. The highest BCUT2D eigenvalue weighted by Crippen LogP contribution is 2.11. The number of aromatic nitrogens is 1. The van der Waals surface area contributed by atoms with E-state index in [9.17, 15) is 4.79 Å². The van der Waals surface area contributed by atoms with Crippen LogP contribution in [0.4, 0.5) is 0 Å². The smallest absolute Gasteiger partial charge is 0.263 e. The van der Waals surface area contributed by atoms with Crippen molar-refractivity contribution in [2.45, 2.75) is 13.8 Å². The lowest BCUT2D eigenvalue weighted by Gasteiger charge is -2.36. The molecular formula is C23H32N6OS. The number of carbonyl (C=O) groups is 1. The van der Waals surface area contributed by atoms with Gasteiger partial charge in [0.1, 0.15) is 4.88 Å². The second-order valence-electron chi connectivity index (χ2n) is 7.36. The molecule has 1 saturated heterocycles. The molecule has 166 valence electrons. The maximum atomic E-state index is 12.2. The van der Waals surface area contributed by atoms with Crippen LogP contribution < -0.4 is 10.6 Å². The molecule has 7 nitrogen and oxygen atoms in total. The fraction of sp³-hybridized carbons (Fsp3) is 0.435. The van der Waals surface area contributed by atoms with Gasteiger partial charge in [0, 0.05) is 45.8 Å². The van der Waals surface area contributed by atoms with Crippen molar-refractivity contribution in [2.75, 3.05) is 52.4 Å². The number of benzene rings is 1. The van der Waals surface area contributed by atoms with E-state index in [2.05, 4.69) is 68.8 Å². The Kier molecular flexibility index (Phi) is 9.05. The Hall–Kier alpha value is -2.71. The summed E-state index contributed by atoms with van der Waals surface area (Å²) in [5, 5.41) is 6.31. The highest BCUT2D eigenvalue weighted by molar-refractivity contribution is 7.11. The predicted molar refractivity (Wildman–Crippen MR) is 129 cm³/mol. The van der Waals surface area contributed by atoms with Gasteiger partial charge in [-0.3, -0.25) is 14.7 Å². The maximum absolute atomic E-state index is 12.2. The van der Waals surface area contributed by atoms with E-state index >= 15 is 0 Å². The quantitative estimate of drug-likeness (QED) is 0.375. The molecule has 2 N–H and O–H groups in total. The number of aryl methyl sites for hydroxylation is 1. The molecule has 1 aromatic heterocycles. The summed E-state index contributed by atoms with van der Waals surface area (Å²) < 4.78 is 0. The average Bonchev–Trinajstić information content (AvgIpc) is 3.23. The van der Waals surface area contributed by atoms with E-state index in [1.807, 2.05) is 13.0 Å². The van der Waals surface area contributed by atoms with Crippen molar-refractivity contribution in [1.82, 2.24) is 25.4 Å². The van der Waals surface area contributed by atoms with Gasteiger partial charge in [0.2, 0.25) is 0 Å². The zero-order chi connectivity index (χ0) is 21.9. The molecule has 1 aliphatic heterocycles. The van der Waals surface area contributed by atoms with Gasteiger partial charge < -0.3 is 15.5 Å². The van der Waals surface area contributed by atoms with Crippen molar-refractivity contribution >= 4 is 29.3 Å². The molecule has 3 rings (SSSR count). The number of thiazole rings is 1. The van der Waals surface area contributed by atoms with Crippen LogP contribution in [0.3, 0.4) is 0 Å². The van der Waals surface area contributed by atoms with Crippen LogP contribution in [0.1, 0.15) is 27.9 Å². The lowest BCUT2D eigenvalue weighted by molar-refractivity contribution is 0.0958. The van der Waals surface area contributed by atoms with Crippen LogP contribution >= 0.6 is 11.3 Å². The lowest BCUT2D eigenvalue weighted by atomic mass is 10.2. The summed E-state index contributed by atoms with van der Waals surface area (Å²) in [6.07, 6.45) is 4.41. The van der Waals surface area contributed by atoms with Crippen molar-refractivity contribution in [2.24, 2.45) is 4.99 Å². The van der Waals surface area contributed by atoms with E-state index in [-0.39, 0.29) is 5.91 Å². The molecule has 0 radical (unpaired) electrons. The number of carbonyl (C=O) groups excluding carboxylic acids is 1. The van der Waals surface area contributed by atoms with E-state index in [1.165, 1.54) is 16.9 Å². The summed E-state index contributed by atoms with van der Waals surface area (Å²) in [6.45, 7) is 10.7. The Morgan fingerprint density at radius 2 is 1.97 bits per heavy atom.